The van der Waals surface area contributed by atoms with E-state index in [0.29, 0.717) is 11.8 Å². The first-order valence-electron chi connectivity index (χ1n) is 10.7. The minimum absolute atomic E-state index is 0. The lowest BCUT2D eigenvalue weighted by molar-refractivity contribution is 0.298. The molecule has 1 heterocycles. The summed E-state index contributed by atoms with van der Waals surface area (Å²) in [6.45, 7) is 17.4. The quantitative estimate of drug-likeness (QED) is 0.298. The molecule has 0 aromatic carbocycles. The van der Waals surface area contributed by atoms with E-state index in [0.717, 1.165) is 71.0 Å². The second-order valence-corrected chi connectivity index (χ2v) is 6.82. The Morgan fingerprint density at radius 3 is 1.67 bits per heavy atom. The molecule has 0 fully saturated rings. The second kappa shape index (κ2) is 21.5. The first-order chi connectivity index (χ1) is 13.1. The third-order valence-corrected chi connectivity index (χ3v) is 4.93. The van der Waals surface area contributed by atoms with Crippen LogP contribution < -0.4 is 16.4 Å². The van der Waals surface area contributed by atoms with E-state index in [1.807, 2.05) is 0 Å². The maximum atomic E-state index is 5.93. The van der Waals surface area contributed by atoms with Gasteiger partial charge in [0.25, 0.3) is 0 Å². The van der Waals surface area contributed by atoms with Crippen molar-refractivity contribution in [3.8, 4) is 0 Å². The Morgan fingerprint density at radius 1 is 0.733 bits per heavy atom. The van der Waals surface area contributed by atoms with Crippen LogP contribution in [0.15, 0.2) is 6.07 Å². The summed E-state index contributed by atoms with van der Waals surface area (Å²) in [5, 5.41) is 6.67. The van der Waals surface area contributed by atoms with Crippen LogP contribution in [0.3, 0.4) is 0 Å². The molecule has 1 aromatic heterocycles. The zero-order valence-electron chi connectivity index (χ0n) is 19.2. The molecular formula is C20H44Cl3N7. The molecular weight excluding hydrogens is 445 g/mol. The third-order valence-electron chi connectivity index (χ3n) is 4.93. The Balaban J connectivity index is -0.00000243. The number of hydrogen-bond donors (Lipinski definition) is 3. The summed E-state index contributed by atoms with van der Waals surface area (Å²) >= 11 is 0. The molecule has 7 nitrogen and oxygen atoms in total. The van der Waals surface area contributed by atoms with E-state index < -0.39 is 0 Å². The van der Waals surface area contributed by atoms with Gasteiger partial charge in [0, 0.05) is 19.2 Å². The van der Waals surface area contributed by atoms with Gasteiger partial charge < -0.3 is 26.2 Å². The minimum atomic E-state index is 0. The third kappa shape index (κ3) is 15.1. The predicted octanol–water partition coefficient (Wildman–Crippen LogP) is 4.39. The Morgan fingerprint density at radius 2 is 1.20 bits per heavy atom. The van der Waals surface area contributed by atoms with E-state index in [1.54, 1.807) is 6.07 Å². The topological polar surface area (TPSA) is 82.3 Å². The maximum Gasteiger partial charge on any atom is 0.226 e. The predicted molar refractivity (Wildman–Crippen MR) is 139 cm³/mol. The highest BCUT2D eigenvalue weighted by molar-refractivity contribution is 5.86. The fourth-order valence-corrected chi connectivity index (χ4v) is 3.05. The molecule has 0 spiro atoms. The first-order valence-corrected chi connectivity index (χ1v) is 10.7. The number of unbranched alkanes of at least 4 members (excludes halogenated alkanes) is 2. The Kier molecular flexibility index (Phi) is 24.3. The van der Waals surface area contributed by atoms with Crippen molar-refractivity contribution in [2.24, 2.45) is 0 Å². The molecule has 0 aliphatic rings. The van der Waals surface area contributed by atoms with Gasteiger partial charge in [-0.1, -0.05) is 27.7 Å². The lowest BCUT2D eigenvalue weighted by Gasteiger charge is -2.18. The average molecular weight is 489 g/mol. The van der Waals surface area contributed by atoms with Gasteiger partial charge in [0.15, 0.2) is 0 Å². The lowest BCUT2D eigenvalue weighted by atomic mass is 10.3. The van der Waals surface area contributed by atoms with Crippen LogP contribution >= 0.6 is 37.2 Å². The van der Waals surface area contributed by atoms with Gasteiger partial charge in [0.05, 0.1) is 0 Å². The van der Waals surface area contributed by atoms with Gasteiger partial charge in [-0.3, -0.25) is 0 Å². The van der Waals surface area contributed by atoms with Crippen LogP contribution in [-0.2, 0) is 0 Å². The fourth-order valence-electron chi connectivity index (χ4n) is 3.05. The molecule has 30 heavy (non-hydrogen) atoms. The summed E-state index contributed by atoms with van der Waals surface area (Å²) in [6.07, 6.45) is 4.58. The summed E-state index contributed by atoms with van der Waals surface area (Å²) in [5.74, 6) is 1.92. The molecule has 180 valence electrons. The van der Waals surface area contributed by atoms with E-state index in [9.17, 15) is 0 Å². The lowest BCUT2D eigenvalue weighted by Crippen LogP contribution is -2.24. The normalized spacial score (nSPS) is 10.2. The van der Waals surface area contributed by atoms with Crippen molar-refractivity contribution in [3.63, 3.8) is 0 Å². The summed E-state index contributed by atoms with van der Waals surface area (Å²) in [4.78, 5) is 13.7. The number of halogens is 3. The van der Waals surface area contributed by atoms with Crippen molar-refractivity contribution in [2.45, 2.75) is 53.4 Å². The number of nitrogens with zero attached hydrogens (tertiary/aromatic N) is 4. The van der Waals surface area contributed by atoms with Crippen LogP contribution in [0.25, 0.3) is 0 Å². The standard InChI is InChI=1S/C20H41N7.3ClH/c1-5-26(6-2)15-11-9-13-22-19-17-18(21)24-20(25-19)23-14-10-12-16-27(7-3)8-4;;;/h17H,5-16H2,1-4H3,(H4,21,22,23,24,25);3*1H. The fraction of sp³-hybridized carbons (Fsp3) is 0.800. The Hall–Kier alpha value is -0.730. The van der Waals surface area contributed by atoms with Gasteiger partial charge in [0.1, 0.15) is 11.6 Å². The maximum absolute atomic E-state index is 5.93. The molecule has 0 aliphatic carbocycles. The van der Waals surface area contributed by atoms with E-state index in [2.05, 4.69) is 58.1 Å². The van der Waals surface area contributed by atoms with Crippen LogP contribution in [-0.4, -0.2) is 72.1 Å². The van der Waals surface area contributed by atoms with Crippen molar-refractivity contribution in [1.82, 2.24) is 19.8 Å². The molecule has 0 atom stereocenters. The van der Waals surface area contributed by atoms with Gasteiger partial charge >= 0.3 is 0 Å². The van der Waals surface area contributed by atoms with Gasteiger partial charge in [-0.15, -0.1) is 37.2 Å². The summed E-state index contributed by atoms with van der Waals surface area (Å²) in [7, 11) is 0. The minimum Gasteiger partial charge on any atom is -0.383 e. The molecule has 0 saturated heterocycles. The Labute approximate surface area is 202 Å². The van der Waals surface area contributed by atoms with E-state index in [-0.39, 0.29) is 37.2 Å². The average Bonchev–Trinajstić information content (AvgIpc) is 2.67. The van der Waals surface area contributed by atoms with Crippen LogP contribution in [0.1, 0.15) is 53.4 Å². The molecule has 0 bridgehead atoms. The number of nitrogen functional groups attached to an aromatic ring is 1. The zero-order valence-corrected chi connectivity index (χ0v) is 21.6. The van der Waals surface area contributed by atoms with Gasteiger partial charge in [-0.25, -0.2) is 0 Å². The number of aromatic nitrogens is 2. The molecule has 1 rings (SSSR count). The van der Waals surface area contributed by atoms with Crippen molar-refractivity contribution in [2.75, 3.05) is 68.7 Å². The highest BCUT2D eigenvalue weighted by Gasteiger charge is 2.04. The van der Waals surface area contributed by atoms with Gasteiger partial charge in [-0.2, -0.15) is 9.97 Å². The highest BCUT2D eigenvalue weighted by atomic mass is 35.5. The van der Waals surface area contributed by atoms with Gasteiger partial charge in [-0.05, 0) is 65.0 Å². The van der Waals surface area contributed by atoms with E-state index in [4.69, 9.17) is 5.73 Å². The molecule has 1 aromatic rings. The summed E-state index contributed by atoms with van der Waals surface area (Å²) in [5.41, 5.74) is 5.93. The second-order valence-electron chi connectivity index (χ2n) is 6.82. The smallest absolute Gasteiger partial charge is 0.226 e. The van der Waals surface area contributed by atoms with Crippen molar-refractivity contribution < 1.29 is 0 Å². The zero-order chi connectivity index (χ0) is 19.9. The largest absolute Gasteiger partial charge is 0.383 e. The van der Waals surface area contributed by atoms with Crippen LogP contribution in [0.5, 0.6) is 0 Å². The molecule has 0 radical (unpaired) electrons. The highest BCUT2D eigenvalue weighted by Crippen LogP contribution is 2.12. The van der Waals surface area contributed by atoms with Crippen molar-refractivity contribution in [1.29, 1.82) is 0 Å². The van der Waals surface area contributed by atoms with Crippen molar-refractivity contribution in [3.05, 3.63) is 6.07 Å². The SMILES string of the molecule is CCN(CC)CCCCNc1cc(N)nc(NCCCCN(CC)CC)n1.Cl.Cl.Cl. The van der Waals surface area contributed by atoms with Gasteiger partial charge in [0.2, 0.25) is 5.95 Å². The van der Waals surface area contributed by atoms with Crippen LogP contribution in [0.4, 0.5) is 17.6 Å². The van der Waals surface area contributed by atoms with Crippen LogP contribution in [0.2, 0.25) is 0 Å². The monoisotopic (exact) mass is 487 g/mol. The molecule has 0 saturated carbocycles. The first kappa shape index (κ1) is 33.9. The molecule has 0 unspecified atom stereocenters. The van der Waals surface area contributed by atoms with E-state index in [1.165, 1.54) is 12.8 Å². The molecule has 4 N–H and O–H groups in total. The summed E-state index contributed by atoms with van der Waals surface area (Å²) in [6, 6.07) is 1.80. The number of rotatable bonds is 16. The van der Waals surface area contributed by atoms with Crippen LogP contribution in [0, 0.1) is 0 Å². The number of anilines is 3. The number of nitrogens with one attached hydrogen (secondary N) is 2. The molecule has 0 aliphatic heterocycles. The molecule has 10 heteroatoms. The number of hydrogen-bond acceptors (Lipinski definition) is 7. The van der Waals surface area contributed by atoms with E-state index >= 15 is 0 Å². The van der Waals surface area contributed by atoms with Crippen molar-refractivity contribution >= 4 is 54.8 Å². The Bertz CT molecular complexity index is 461. The summed E-state index contributed by atoms with van der Waals surface area (Å²) < 4.78 is 0. The number of nitrogens with two attached hydrogens (primary N) is 1. The molecule has 0 amide bonds.